The third kappa shape index (κ3) is 4.01. The summed E-state index contributed by atoms with van der Waals surface area (Å²) in [5, 5.41) is 4.22. The van der Waals surface area contributed by atoms with Crippen molar-refractivity contribution in [3.05, 3.63) is 53.3 Å². The smallest absolute Gasteiger partial charge is 0.253 e. The van der Waals surface area contributed by atoms with E-state index in [4.69, 9.17) is 5.73 Å². The van der Waals surface area contributed by atoms with Crippen LogP contribution in [-0.2, 0) is 20.1 Å². The topological polar surface area (TPSA) is 67.4 Å². The highest BCUT2D eigenvalue weighted by Crippen LogP contribution is 2.12. The van der Waals surface area contributed by atoms with Gasteiger partial charge in [-0.3, -0.25) is 14.4 Å². The van der Waals surface area contributed by atoms with Crippen molar-refractivity contribution in [1.82, 2.24) is 19.6 Å². The van der Waals surface area contributed by atoms with Gasteiger partial charge >= 0.3 is 0 Å². The van der Waals surface area contributed by atoms with E-state index in [1.165, 1.54) is 5.56 Å². The summed E-state index contributed by atoms with van der Waals surface area (Å²) < 4.78 is 1.83. The van der Waals surface area contributed by atoms with Gasteiger partial charge in [0.25, 0.3) is 5.91 Å². The summed E-state index contributed by atoms with van der Waals surface area (Å²) >= 11 is 0. The second-order valence-electron chi connectivity index (χ2n) is 6.35. The van der Waals surface area contributed by atoms with Gasteiger partial charge in [-0.2, -0.15) is 5.10 Å². The normalized spacial score (nSPS) is 16.2. The maximum absolute atomic E-state index is 12.7. The number of benzene rings is 1. The zero-order valence-corrected chi connectivity index (χ0v) is 14.2. The van der Waals surface area contributed by atoms with Crippen molar-refractivity contribution in [2.24, 2.45) is 12.8 Å². The monoisotopic (exact) mass is 327 g/mol. The molecule has 6 heteroatoms. The molecule has 1 fully saturated rings. The van der Waals surface area contributed by atoms with E-state index in [2.05, 4.69) is 10.00 Å². The second kappa shape index (κ2) is 7.59. The Morgan fingerprint density at radius 3 is 2.58 bits per heavy atom. The highest BCUT2D eigenvalue weighted by molar-refractivity contribution is 5.94. The summed E-state index contributed by atoms with van der Waals surface area (Å²) in [5.41, 5.74) is 8.62. The summed E-state index contributed by atoms with van der Waals surface area (Å²) in [6.07, 6.45) is 4.95. The van der Waals surface area contributed by atoms with Crippen molar-refractivity contribution in [3.63, 3.8) is 0 Å². The molecule has 1 aliphatic heterocycles. The van der Waals surface area contributed by atoms with Crippen LogP contribution in [0.5, 0.6) is 0 Å². The molecule has 0 spiro atoms. The average molecular weight is 327 g/mol. The molecule has 1 amide bonds. The first-order valence-electron chi connectivity index (χ1n) is 8.44. The number of nitrogens with two attached hydrogens (primary N) is 1. The number of amides is 1. The van der Waals surface area contributed by atoms with Crippen molar-refractivity contribution in [3.8, 4) is 0 Å². The molecule has 0 bridgehead atoms. The molecule has 128 valence electrons. The molecule has 6 nitrogen and oxygen atoms in total. The number of carbonyl (C=O) groups is 1. The highest BCUT2D eigenvalue weighted by atomic mass is 16.2. The molecule has 24 heavy (non-hydrogen) atoms. The molecular weight excluding hydrogens is 302 g/mol. The molecule has 1 aliphatic rings. The zero-order valence-electron chi connectivity index (χ0n) is 14.2. The van der Waals surface area contributed by atoms with Crippen molar-refractivity contribution >= 4 is 5.91 Å². The van der Waals surface area contributed by atoms with Crippen LogP contribution in [0.15, 0.2) is 36.7 Å². The lowest BCUT2D eigenvalue weighted by atomic mass is 10.1. The average Bonchev–Trinajstić information content (AvgIpc) is 2.87. The minimum Gasteiger partial charge on any atom is -0.337 e. The van der Waals surface area contributed by atoms with Gasteiger partial charge in [-0.15, -0.1) is 0 Å². The molecule has 1 aromatic heterocycles. The van der Waals surface area contributed by atoms with E-state index in [1.807, 2.05) is 53.3 Å². The molecule has 1 saturated heterocycles. The van der Waals surface area contributed by atoms with E-state index in [1.54, 1.807) is 0 Å². The minimum atomic E-state index is 0.113. The number of carbonyl (C=O) groups excluding carboxylic acids is 1. The van der Waals surface area contributed by atoms with Crippen LogP contribution >= 0.6 is 0 Å². The maximum atomic E-state index is 12.7. The van der Waals surface area contributed by atoms with Crippen molar-refractivity contribution < 1.29 is 4.79 Å². The van der Waals surface area contributed by atoms with Crippen LogP contribution in [-0.4, -0.2) is 51.7 Å². The molecule has 3 rings (SSSR count). The lowest BCUT2D eigenvalue weighted by molar-refractivity contribution is 0.0761. The lowest BCUT2D eigenvalue weighted by Crippen LogP contribution is -2.35. The van der Waals surface area contributed by atoms with Gasteiger partial charge in [0, 0.05) is 63.6 Å². The van der Waals surface area contributed by atoms with Gasteiger partial charge in [0.2, 0.25) is 0 Å². The summed E-state index contributed by atoms with van der Waals surface area (Å²) in [5.74, 6) is 0.113. The number of hydrogen-bond acceptors (Lipinski definition) is 4. The van der Waals surface area contributed by atoms with E-state index >= 15 is 0 Å². The quantitative estimate of drug-likeness (QED) is 0.917. The highest BCUT2D eigenvalue weighted by Gasteiger charge is 2.20. The van der Waals surface area contributed by atoms with E-state index < -0.39 is 0 Å². The first-order valence-corrected chi connectivity index (χ1v) is 8.44. The zero-order chi connectivity index (χ0) is 16.9. The maximum Gasteiger partial charge on any atom is 0.253 e. The standard InChI is InChI=1S/C18H25N5O/c1-21-13-16(12-20-21)14-22-7-2-8-23(10-9-22)18(24)17-5-3-15(11-19)4-6-17/h3-6,12-13H,2,7-11,14,19H2,1H3. The van der Waals surface area contributed by atoms with Gasteiger partial charge in [-0.1, -0.05) is 12.1 Å². The van der Waals surface area contributed by atoms with E-state index in [-0.39, 0.29) is 5.91 Å². The van der Waals surface area contributed by atoms with Gasteiger partial charge in [0.1, 0.15) is 0 Å². The fourth-order valence-corrected chi connectivity index (χ4v) is 3.11. The summed E-state index contributed by atoms with van der Waals surface area (Å²) in [6.45, 7) is 4.85. The number of hydrogen-bond donors (Lipinski definition) is 1. The van der Waals surface area contributed by atoms with Gasteiger partial charge in [0.15, 0.2) is 0 Å². The first kappa shape index (κ1) is 16.7. The predicted octanol–water partition coefficient (Wildman–Crippen LogP) is 1.23. The van der Waals surface area contributed by atoms with Crippen LogP contribution in [0.3, 0.4) is 0 Å². The summed E-state index contributed by atoms with van der Waals surface area (Å²) in [7, 11) is 1.93. The van der Waals surface area contributed by atoms with Crippen LogP contribution in [0.25, 0.3) is 0 Å². The number of aromatic nitrogens is 2. The van der Waals surface area contributed by atoms with Crippen molar-refractivity contribution in [2.75, 3.05) is 26.2 Å². The third-order valence-electron chi connectivity index (χ3n) is 4.48. The first-order chi connectivity index (χ1) is 11.7. The molecule has 0 atom stereocenters. The van der Waals surface area contributed by atoms with E-state index in [9.17, 15) is 4.79 Å². The molecule has 1 aromatic carbocycles. The fraction of sp³-hybridized carbons (Fsp3) is 0.444. The van der Waals surface area contributed by atoms with Gasteiger partial charge in [-0.05, 0) is 24.1 Å². The second-order valence-corrected chi connectivity index (χ2v) is 6.35. The molecule has 0 saturated carbocycles. The Morgan fingerprint density at radius 2 is 1.92 bits per heavy atom. The van der Waals surface area contributed by atoms with Crippen molar-refractivity contribution in [2.45, 2.75) is 19.5 Å². The van der Waals surface area contributed by atoms with Gasteiger partial charge in [-0.25, -0.2) is 0 Å². The predicted molar refractivity (Wildman–Crippen MR) is 93.3 cm³/mol. The Morgan fingerprint density at radius 1 is 1.12 bits per heavy atom. The van der Waals surface area contributed by atoms with E-state index in [0.717, 1.165) is 50.3 Å². The van der Waals surface area contributed by atoms with Crippen LogP contribution in [0.1, 0.15) is 27.9 Å². The number of aryl methyl sites for hydroxylation is 1. The van der Waals surface area contributed by atoms with Crippen LogP contribution < -0.4 is 5.73 Å². The Hall–Kier alpha value is -2.18. The molecule has 0 aliphatic carbocycles. The Bertz CT molecular complexity index is 679. The van der Waals surface area contributed by atoms with E-state index in [0.29, 0.717) is 6.54 Å². The minimum absolute atomic E-state index is 0.113. The van der Waals surface area contributed by atoms with Crippen molar-refractivity contribution in [1.29, 1.82) is 0 Å². The number of rotatable bonds is 4. The van der Waals surface area contributed by atoms with Gasteiger partial charge < -0.3 is 10.6 Å². The Kier molecular flexibility index (Phi) is 5.27. The van der Waals surface area contributed by atoms with Crippen LogP contribution in [0.2, 0.25) is 0 Å². The fourth-order valence-electron chi connectivity index (χ4n) is 3.11. The van der Waals surface area contributed by atoms with Crippen LogP contribution in [0.4, 0.5) is 0 Å². The molecule has 2 N–H and O–H groups in total. The molecule has 2 heterocycles. The summed E-state index contributed by atoms with van der Waals surface area (Å²) in [4.78, 5) is 17.0. The number of nitrogens with zero attached hydrogens (tertiary/aromatic N) is 4. The Labute approximate surface area is 142 Å². The molecular formula is C18H25N5O. The lowest BCUT2D eigenvalue weighted by Gasteiger charge is -2.22. The Balaban J connectivity index is 1.58. The molecule has 0 unspecified atom stereocenters. The molecule has 2 aromatic rings. The largest absolute Gasteiger partial charge is 0.337 e. The van der Waals surface area contributed by atoms with Crippen LogP contribution in [0, 0.1) is 0 Å². The third-order valence-corrected chi connectivity index (χ3v) is 4.48. The SMILES string of the molecule is Cn1cc(CN2CCCN(C(=O)c3ccc(CN)cc3)CC2)cn1. The molecule has 0 radical (unpaired) electrons. The summed E-state index contributed by atoms with van der Waals surface area (Å²) in [6, 6.07) is 7.62. The van der Waals surface area contributed by atoms with Gasteiger partial charge in [0.05, 0.1) is 6.20 Å².